The molecule has 1 fully saturated rings. The lowest BCUT2D eigenvalue weighted by Gasteiger charge is -2.34. The molecule has 1 aliphatic rings. The van der Waals surface area contributed by atoms with Crippen molar-refractivity contribution >= 4 is 23.6 Å². The van der Waals surface area contributed by atoms with Gasteiger partial charge >= 0.3 is 12.0 Å². The van der Waals surface area contributed by atoms with Gasteiger partial charge in [0, 0.05) is 30.2 Å². The summed E-state index contributed by atoms with van der Waals surface area (Å²) < 4.78 is 13.6. The van der Waals surface area contributed by atoms with Crippen LogP contribution < -0.4 is 5.32 Å². The highest BCUT2D eigenvalue weighted by Crippen LogP contribution is 2.22. The first-order valence-corrected chi connectivity index (χ1v) is 7.44. The average Bonchev–Trinajstić information content (AvgIpc) is 2.45. The van der Waals surface area contributed by atoms with Gasteiger partial charge < -0.3 is 15.3 Å². The first kappa shape index (κ1) is 16.5. The van der Waals surface area contributed by atoms with Crippen LogP contribution in [0.3, 0.4) is 0 Å². The number of amides is 2. The third-order valence-electron chi connectivity index (χ3n) is 3.74. The van der Waals surface area contributed by atoms with Crippen LogP contribution in [-0.2, 0) is 11.3 Å². The van der Waals surface area contributed by atoms with E-state index in [2.05, 4.69) is 5.32 Å². The van der Waals surface area contributed by atoms with E-state index in [4.69, 9.17) is 16.7 Å². The number of hydrogen-bond acceptors (Lipinski definition) is 2. The minimum Gasteiger partial charge on any atom is -0.481 e. The van der Waals surface area contributed by atoms with E-state index in [-0.39, 0.29) is 25.0 Å². The van der Waals surface area contributed by atoms with Gasteiger partial charge in [-0.05, 0) is 24.5 Å². The first-order chi connectivity index (χ1) is 10.4. The molecule has 0 aromatic heterocycles. The predicted octanol–water partition coefficient (Wildman–Crippen LogP) is 2.73. The predicted molar refractivity (Wildman–Crippen MR) is 80.1 cm³/mol. The normalized spacial score (nSPS) is 21.5. The smallest absolute Gasteiger partial charge is 0.317 e. The molecule has 5 nitrogen and oxygen atoms in total. The molecule has 1 aromatic rings. The van der Waals surface area contributed by atoms with Crippen LogP contribution in [0.1, 0.15) is 18.9 Å². The van der Waals surface area contributed by atoms with E-state index in [0.717, 1.165) is 0 Å². The Hall–Kier alpha value is -1.82. The van der Waals surface area contributed by atoms with Gasteiger partial charge in [-0.25, -0.2) is 9.18 Å². The van der Waals surface area contributed by atoms with Gasteiger partial charge in [0.15, 0.2) is 0 Å². The maximum absolute atomic E-state index is 13.6. The molecule has 22 heavy (non-hydrogen) atoms. The van der Waals surface area contributed by atoms with E-state index in [1.54, 1.807) is 6.07 Å². The van der Waals surface area contributed by atoms with Gasteiger partial charge in [-0.3, -0.25) is 4.79 Å². The van der Waals surface area contributed by atoms with Gasteiger partial charge in [0.25, 0.3) is 0 Å². The number of carbonyl (C=O) groups excluding carboxylic acids is 1. The molecule has 0 radical (unpaired) electrons. The maximum Gasteiger partial charge on any atom is 0.317 e. The van der Waals surface area contributed by atoms with Crippen LogP contribution in [0.2, 0.25) is 5.02 Å². The lowest BCUT2D eigenvalue weighted by molar-refractivity contribution is -0.143. The number of urea groups is 1. The topological polar surface area (TPSA) is 69.6 Å². The number of hydrogen-bond donors (Lipinski definition) is 2. The van der Waals surface area contributed by atoms with E-state index in [9.17, 15) is 14.0 Å². The van der Waals surface area contributed by atoms with Gasteiger partial charge in [-0.2, -0.15) is 0 Å². The molecule has 2 N–H and O–H groups in total. The van der Waals surface area contributed by atoms with E-state index < -0.39 is 17.7 Å². The number of piperidine rings is 1. The van der Waals surface area contributed by atoms with Crippen molar-refractivity contribution in [3.8, 4) is 0 Å². The molecule has 0 aliphatic carbocycles. The number of carboxylic acid groups (broad SMARTS) is 1. The Labute approximate surface area is 133 Å². The number of halogens is 2. The van der Waals surface area contributed by atoms with Crippen molar-refractivity contribution in [3.63, 3.8) is 0 Å². The lowest BCUT2D eigenvalue weighted by atomic mass is 9.91. The van der Waals surface area contributed by atoms with Crippen molar-refractivity contribution in [2.24, 2.45) is 11.8 Å². The van der Waals surface area contributed by atoms with Crippen LogP contribution in [0.4, 0.5) is 9.18 Å². The second kappa shape index (κ2) is 6.96. The Morgan fingerprint density at radius 2 is 2.18 bits per heavy atom. The van der Waals surface area contributed by atoms with Gasteiger partial charge in [0.1, 0.15) is 5.82 Å². The Morgan fingerprint density at radius 1 is 1.45 bits per heavy atom. The Morgan fingerprint density at radius 3 is 2.82 bits per heavy atom. The summed E-state index contributed by atoms with van der Waals surface area (Å²) in [6, 6.07) is 3.87. The molecule has 0 bridgehead atoms. The monoisotopic (exact) mass is 328 g/mol. The number of rotatable bonds is 3. The summed E-state index contributed by atoms with van der Waals surface area (Å²) in [6.45, 7) is 2.62. The minimum absolute atomic E-state index is 0.0322. The second-order valence-corrected chi connectivity index (χ2v) is 6.11. The highest BCUT2D eigenvalue weighted by Gasteiger charge is 2.31. The molecule has 2 amide bonds. The minimum atomic E-state index is -0.895. The van der Waals surface area contributed by atoms with E-state index in [1.807, 2.05) is 6.92 Å². The van der Waals surface area contributed by atoms with Gasteiger partial charge in [0.05, 0.1) is 5.92 Å². The number of carbonyl (C=O) groups is 2. The number of carboxylic acids is 1. The fourth-order valence-electron chi connectivity index (χ4n) is 2.64. The van der Waals surface area contributed by atoms with Crippen LogP contribution in [0.5, 0.6) is 0 Å². The molecule has 7 heteroatoms. The van der Waals surface area contributed by atoms with Crippen LogP contribution in [0.15, 0.2) is 18.2 Å². The van der Waals surface area contributed by atoms with E-state index in [1.165, 1.54) is 17.0 Å². The highest BCUT2D eigenvalue weighted by molar-refractivity contribution is 6.30. The van der Waals surface area contributed by atoms with Crippen molar-refractivity contribution in [3.05, 3.63) is 34.6 Å². The molecule has 0 spiro atoms. The zero-order chi connectivity index (χ0) is 16.3. The molecular weight excluding hydrogens is 311 g/mol. The Kier molecular flexibility index (Phi) is 5.24. The van der Waals surface area contributed by atoms with E-state index in [0.29, 0.717) is 23.6 Å². The zero-order valence-electron chi connectivity index (χ0n) is 12.2. The molecule has 2 unspecified atom stereocenters. The molecular formula is C15H18ClFN2O3. The first-order valence-electron chi connectivity index (χ1n) is 7.06. The number of nitrogens with one attached hydrogen (secondary N) is 1. The molecule has 1 aliphatic heterocycles. The third kappa shape index (κ3) is 4.10. The summed E-state index contributed by atoms with van der Waals surface area (Å²) in [4.78, 5) is 24.7. The molecule has 120 valence electrons. The summed E-state index contributed by atoms with van der Waals surface area (Å²) in [5.41, 5.74) is 0.331. The molecule has 2 atom stereocenters. The highest BCUT2D eigenvalue weighted by atomic mass is 35.5. The van der Waals surface area contributed by atoms with Crippen molar-refractivity contribution < 1.29 is 19.1 Å². The largest absolute Gasteiger partial charge is 0.481 e. The van der Waals surface area contributed by atoms with Gasteiger partial charge in [-0.1, -0.05) is 24.6 Å². The lowest BCUT2D eigenvalue weighted by Crippen LogP contribution is -2.49. The summed E-state index contributed by atoms with van der Waals surface area (Å²) in [5.74, 6) is -1.81. The number of aliphatic carboxylic acids is 1. The maximum atomic E-state index is 13.6. The average molecular weight is 329 g/mol. The van der Waals surface area contributed by atoms with Crippen LogP contribution in [-0.4, -0.2) is 35.1 Å². The molecule has 2 rings (SSSR count). The quantitative estimate of drug-likeness (QED) is 0.896. The van der Waals surface area contributed by atoms with Gasteiger partial charge in [-0.15, -0.1) is 0 Å². The molecule has 1 saturated heterocycles. The SMILES string of the molecule is CC1CC(C(=O)O)CN(C(=O)NCc2ccc(Cl)cc2F)C1. The summed E-state index contributed by atoms with van der Waals surface area (Å²) >= 11 is 5.67. The molecule has 1 aromatic carbocycles. The number of benzene rings is 1. The van der Waals surface area contributed by atoms with Crippen molar-refractivity contribution in [2.45, 2.75) is 19.9 Å². The molecule has 1 heterocycles. The number of likely N-dealkylation sites (tertiary alicyclic amines) is 1. The number of nitrogens with zero attached hydrogens (tertiary/aromatic N) is 1. The van der Waals surface area contributed by atoms with Crippen molar-refractivity contribution in [2.75, 3.05) is 13.1 Å². The summed E-state index contributed by atoms with van der Waals surface area (Å²) in [6.07, 6.45) is 0.560. The third-order valence-corrected chi connectivity index (χ3v) is 3.98. The fourth-order valence-corrected chi connectivity index (χ4v) is 2.80. The Bertz CT molecular complexity index is 582. The van der Waals surface area contributed by atoms with E-state index >= 15 is 0 Å². The van der Waals surface area contributed by atoms with Crippen molar-refractivity contribution in [1.29, 1.82) is 0 Å². The second-order valence-electron chi connectivity index (χ2n) is 5.68. The van der Waals surface area contributed by atoms with Crippen LogP contribution in [0.25, 0.3) is 0 Å². The van der Waals surface area contributed by atoms with Crippen LogP contribution >= 0.6 is 11.6 Å². The van der Waals surface area contributed by atoms with Crippen molar-refractivity contribution in [1.82, 2.24) is 10.2 Å². The summed E-state index contributed by atoms with van der Waals surface area (Å²) in [5, 5.41) is 12.0. The standard InChI is InChI=1S/C15H18ClFN2O3/c1-9-4-11(14(20)21)8-19(7-9)15(22)18-6-10-2-3-12(16)5-13(10)17/h2-3,5,9,11H,4,6-8H2,1H3,(H,18,22)(H,20,21). The Balaban J connectivity index is 1.95. The zero-order valence-corrected chi connectivity index (χ0v) is 12.9. The molecule has 0 saturated carbocycles. The van der Waals surface area contributed by atoms with Crippen LogP contribution in [0, 0.1) is 17.7 Å². The fraction of sp³-hybridized carbons (Fsp3) is 0.467. The summed E-state index contributed by atoms with van der Waals surface area (Å²) in [7, 11) is 0. The van der Waals surface area contributed by atoms with Gasteiger partial charge in [0.2, 0.25) is 0 Å².